The van der Waals surface area contributed by atoms with Crippen LogP contribution in [-0.4, -0.2) is 73.8 Å². The largest absolute Gasteiger partial charge is 0.560 e. The van der Waals surface area contributed by atoms with E-state index in [1.807, 2.05) is 0 Å². The molecule has 0 spiro atoms. The molecule has 14 heteroatoms. The summed E-state index contributed by atoms with van der Waals surface area (Å²) in [6.07, 6.45) is 3.10. The highest BCUT2D eigenvalue weighted by Gasteiger charge is 2.31. The molecule has 0 aromatic heterocycles. The van der Waals surface area contributed by atoms with Crippen molar-refractivity contribution in [3.63, 3.8) is 0 Å². The fraction of sp³-hybridized carbons (Fsp3) is 0.643. The highest BCUT2D eigenvalue weighted by molar-refractivity contribution is 6.02. The second kappa shape index (κ2) is 17.2. The van der Waals surface area contributed by atoms with Crippen LogP contribution in [0, 0.1) is 10.1 Å². The predicted octanol–water partition coefficient (Wildman–Crippen LogP) is 4.58. The van der Waals surface area contributed by atoms with E-state index >= 15 is 0 Å². The lowest BCUT2D eigenvalue weighted by molar-refractivity contribution is -0.384. The summed E-state index contributed by atoms with van der Waals surface area (Å²) < 4.78 is 15.0. The van der Waals surface area contributed by atoms with E-state index in [-0.39, 0.29) is 11.3 Å². The molecule has 2 radical (unpaired) electrons. The number of non-ortho nitro benzene ring substituents is 1. The third-order valence-corrected chi connectivity index (χ3v) is 5.80. The van der Waals surface area contributed by atoms with Gasteiger partial charge in [0.1, 0.15) is 17.6 Å². The average Bonchev–Trinajstić information content (AvgIpc) is 2.87. The number of carbonyl (C=O) groups is 3. The molecule has 1 aromatic rings. The van der Waals surface area contributed by atoms with Crippen LogP contribution in [0.5, 0.6) is 0 Å². The van der Waals surface area contributed by atoms with Crippen LogP contribution in [0.25, 0.3) is 0 Å². The second-order valence-electron chi connectivity index (χ2n) is 11.9. The summed E-state index contributed by atoms with van der Waals surface area (Å²) in [6.45, 7) is 11.6. The van der Waals surface area contributed by atoms with Crippen molar-refractivity contribution < 1.29 is 33.4 Å². The quantitative estimate of drug-likeness (QED) is 0.0628. The topological polar surface area (TPSA) is 170 Å². The molecule has 13 nitrogen and oxygen atoms in total. The molecule has 42 heavy (non-hydrogen) atoms. The molecule has 3 N–H and O–H groups in total. The number of nitrogens with one attached hydrogen (secondary N) is 3. The van der Waals surface area contributed by atoms with Crippen molar-refractivity contribution in [1.82, 2.24) is 16.0 Å². The van der Waals surface area contributed by atoms with E-state index in [4.69, 9.17) is 17.5 Å². The third kappa shape index (κ3) is 15.8. The zero-order chi connectivity index (χ0) is 31.8. The monoisotopic (exact) mass is 589 g/mol. The van der Waals surface area contributed by atoms with Crippen LogP contribution < -0.4 is 16.0 Å². The van der Waals surface area contributed by atoms with Crippen molar-refractivity contribution in [1.29, 1.82) is 0 Å². The fourth-order valence-electron chi connectivity index (χ4n) is 4.08. The van der Waals surface area contributed by atoms with E-state index in [0.29, 0.717) is 58.2 Å². The number of nitro benzene ring substituents is 1. The molecular formula is C28H44BN5O8. The number of hydrogen-bond acceptors (Lipinski definition) is 9. The Labute approximate surface area is 249 Å². The molecule has 0 saturated heterocycles. The normalized spacial score (nSPS) is 12.0. The van der Waals surface area contributed by atoms with E-state index in [1.165, 1.54) is 24.3 Å². The number of nitrogens with zero attached hydrogens (tertiary/aromatic N) is 2. The van der Waals surface area contributed by atoms with Crippen LogP contribution in [0.15, 0.2) is 29.3 Å². The van der Waals surface area contributed by atoms with E-state index in [2.05, 4.69) is 25.6 Å². The van der Waals surface area contributed by atoms with Crippen LogP contribution in [0.3, 0.4) is 0 Å². The van der Waals surface area contributed by atoms with Crippen molar-refractivity contribution in [2.75, 3.05) is 19.6 Å². The molecule has 0 saturated carbocycles. The summed E-state index contributed by atoms with van der Waals surface area (Å²) in [5.41, 5.74) is -1.90. The first-order valence-electron chi connectivity index (χ1n) is 13.9. The summed E-state index contributed by atoms with van der Waals surface area (Å²) in [7, 11) is 5.01. The Kier molecular flexibility index (Phi) is 14.8. The van der Waals surface area contributed by atoms with E-state index in [1.54, 1.807) is 41.5 Å². The van der Waals surface area contributed by atoms with Gasteiger partial charge in [-0.2, -0.15) is 0 Å². The molecule has 232 valence electrons. The van der Waals surface area contributed by atoms with Gasteiger partial charge in [0, 0.05) is 42.9 Å². The second-order valence-corrected chi connectivity index (χ2v) is 11.9. The van der Waals surface area contributed by atoms with Crippen LogP contribution in [0.2, 0.25) is 0 Å². The molecule has 0 unspecified atom stereocenters. The number of hydrogen-bond donors (Lipinski definition) is 3. The molecule has 0 atom stereocenters. The zero-order valence-corrected chi connectivity index (χ0v) is 25.5. The van der Waals surface area contributed by atoms with Gasteiger partial charge in [-0.05, 0) is 92.2 Å². The van der Waals surface area contributed by atoms with Crippen molar-refractivity contribution >= 4 is 38.2 Å². The lowest BCUT2D eigenvalue weighted by atomic mass is 9.83. The Hall–Kier alpha value is -3.84. The van der Waals surface area contributed by atoms with Crippen LogP contribution >= 0.6 is 0 Å². The minimum atomic E-state index is -0.761. The average molecular weight is 589 g/mol. The van der Waals surface area contributed by atoms with Crippen molar-refractivity contribution in [2.24, 2.45) is 4.99 Å². The van der Waals surface area contributed by atoms with E-state index in [0.717, 1.165) is 6.40 Å². The fourth-order valence-corrected chi connectivity index (χ4v) is 4.08. The van der Waals surface area contributed by atoms with Gasteiger partial charge in [-0.1, -0.05) is 0 Å². The SMILES string of the molecule is [B]OC=NCCCC(CCCNC(=O)OC(C)(C)C)(CCCNC(=O)OC(C)(C)C)NC(=O)c1ccc([N+](=O)[O-])cc1. The Morgan fingerprint density at radius 1 is 0.881 bits per heavy atom. The number of benzene rings is 1. The standard InChI is InChI=1S/C28H44BN5O8/c1-26(2,3)41-24(36)31-18-8-15-28(14-7-17-30-20-40-29,16-9-19-32-25(37)42-27(4,5)6)33-23(35)21-10-12-22(13-11-21)34(38)39/h10-13,20H,7-9,14-19H2,1-6H3,(H,31,36)(H,32,37)(H,33,35). The first-order valence-corrected chi connectivity index (χ1v) is 13.9. The maximum absolute atomic E-state index is 13.3. The summed E-state index contributed by atoms with van der Waals surface area (Å²) >= 11 is 0. The molecule has 0 bridgehead atoms. The van der Waals surface area contributed by atoms with Gasteiger partial charge in [0.15, 0.2) is 0 Å². The maximum Gasteiger partial charge on any atom is 0.407 e. The number of rotatable bonds is 16. The van der Waals surface area contributed by atoms with Crippen molar-refractivity contribution in [3.8, 4) is 0 Å². The first-order chi connectivity index (χ1) is 19.6. The predicted molar refractivity (Wildman–Crippen MR) is 160 cm³/mol. The summed E-state index contributed by atoms with van der Waals surface area (Å²) in [5, 5.41) is 19.7. The number of aliphatic imine (C=N–C) groups is 1. The van der Waals surface area contributed by atoms with Crippen LogP contribution in [-0.2, 0) is 14.1 Å². The van der Waals surface area contributed by atoms with E-state index in [9.17, 15) is 24.5 Å². The zero-order valence-electron chi connectivity index (χ0n) is 25.5. The molecule has 0 aliphatic rings. The minimum absolute atomic E-state index is 0.126. The van der Waals surface area contributed by atoms with Crippen molar-refractivity contribution in [3.05, 3.63) is 39.9 Å². The molecule has 0 aliphatic heterocycles. The summed E-state index contributed by atoms with van der Waals surface area (Å²) in [4.78, 5) is 52.2. The lowest BCUT2D eigenvalue weighted by Gasteiger charge is -2.36. The highest BCUT2D eigenvalue weighted by Crippen LogP contribution is 2.27. The van der Waals surface area contributed by atoms with Gasteiger partial charge in [0.05, 0.1) is 4.92 Å². The van der Waals surface area contributed by atoms with Crippen molar-refractivity contribution in [2.45, 2.75) is 96.8 Å². The molecule has 3 amide bonds. The van der Waals surface area contributed by atoms with Gasteiger partial charge in [-0.3, -0.25) is 19.9 Å². The lowest BCUT2D eigenvalue weighted by Crippen LogP contribution is -2.49. The van der Waals surface area contributed by atoms with Gasteiger partial charge < -0.3 is 30.1 Å². The van der Waals surface area contributed by atoms with Gasteiger partial charge in [-0.25, -0.2) is 9.59 Å². The Balaban J connectivity index is 3.09. The molecule has 1 rings (SSSR count). The highest BCUT2D eigenvalue weighted by atomic mass is 16.6. The molecular weight excluding hydrogens is 545 g/mol. The Bertz CT molecular complexity index is 1020. The first kappa shape index (κ1) is 36.2. The van der Waals surface area contributed by atoms with Crippen LogP contribution in [0.1, 0.15) is 90.4 Å². The summed E-state index contributed by atoms with van der Waals surface area (Å²) in [6, 6.07) is 5.34. The maximum atomic E-state index is 13.3. The number of amides is 3. The molecule has 0 fully saturated rings. The smallest absolute Gasteiger partial charge is 0.407 e. The number of alkyl carbamates (subject to hydrolysis) is 2. The Morgan fingerprint density at radius 3 is 1.79 bits per heavy atom. The molecule has 0 heterocycles. The van der Waals surface area contributed by atoms with Gasteiger partial charge in [0.25, 0.3) is 11.6 Å². The summed E-state index contributed by atoms with van der Waals surface area (Å²) in [5.74, 6) is -0.404. The number of carbonyl (C=O) groups excluding carboxylic acids is 3. The van der Waals surface area contributed by atoms with Gasteiger partial charge in [0.2, 0.25) is 0 Å². The van der Waals surface area contributed by atoms with E-state index < -0.39 is 39.8 Å². The molecule has 0 aliphatic carbocycles. The van der Waals surface area contributed by atoms with Gasteiger partial charge >= 0.3 is 20.2 Å². The van der Waals surface area contributed by atoms with Gasteiger partial charge in [-0.15, -0.1) is 0 Å². The number of ether oxygens (including phenoxy) is 2. The molecule has 1 aromatic carbocycles. The Morgan fingerprint density at radius 2 is 1.36 bits per heavy atom. The van der Waals surface area contributed by atoms with Crippen LogP contribution in [0.4, 0.5) is 15.3 Å². The minimum Gasteiger partial charge on any atom is -0.560 e. The number of nitro groups is 1. The third-order valence-electron chi connectivity index (χ3n) is 5.80.